The van der Waals surface area contributed by atoms with E-state index in [4.69, 9.17) is 30.5 Å². The molecule has 0 aliphatic carbocycles. The number of aromatic nitrogens is 1. The SMILES string of the molecule is Cc1cc(NC(=O)Nc2ccc(Oc3ccnc4cc(OCCCN5CCCCC5)c5c(c34)OCCO5)cc2)ccc1Cl. The van der Waals surface area contributed by atoms with Crippen LogP contribution in [0.5, 0.6) is 28.7 Å². The minimum absolute atomic E-state index is 0.358. The van der Waals surface area contributed by atoms with Crippen LogP contribution in [0.2, 0.25) is 5.02 Å². The summed E-state index contributed by atoms with van der Waals surface area (Å²) in [6, 6.07) is 15.8. The molecule has 2 aliphatic heterocycles. The van der Waals surface area contributed by atoms with Crippen LogP contribution >= 0.6 is 11.6 Å². The molecule has 224 valence electrons. The molecule has 10 heteroatoms. The summed E-state index contributed by atoms with van der Waals surface area (Å²) in [5.74, 6) is 2.96. The number of urea groups is 1. The Balaban J connectivity index is 1.13. The molecule has 2 amide bonds. The highest BCUT2D eigenvalue weighted by Gasteiger charge is 2.25. The number of anilines is 2. The molecule has 43 heavy (non-hydrogen) atoms. The number of piperidine rings is 1. The summed E-state index contributed by atoms with van der Waals surface area (Å²) in [7, 11) is 0. The maximum Gasteiger partial charge on any atom is 0.323 e. The second-order valence-electron chi connectivity index (χ2n) is 10.7. The molecule has 6 rings (SSSR count). The molecule has 0 radical (unpaired) electrons. The summed E-state index contributed by atoms with van der Waals surface area (Å²) in [5.41, 5.74) is 2.85. The van der Waals surface area contributed by atoms with Gasteiger partial charge in [0.2, 0.25) is 5.75 Å². The quantitative estimate of drug-likeness (QED) is 0.190. The number of pyridine rings is 1. The minimum atomic E-state index is -0.358. The largest absolute Gasteiger partial charge is 0.489 e. The van der Waals surface area contributed by atoms with E-state index in [1.54, 1.807) is 48.7 Å². The zero-order valence-corrected chi connectivity index (χ0v) is 24.9. The van der Waals surface area contributed by atoms with Crippen molar-refractivity contribution in [3.8, 4) is 28.7 Å². The number of likely N-dealkylation sites (tertiary alicyclic amines) is 1. The Kier molecular flexibility index (Phi) is 9.00. The molecule has 2 N–H and O–H groups in total. The van der Waals surface area contributed by atoms with Crippen LogP contribution in [0.25, 0.3) is 10.9 Å². The number of rotatable bonds is 9. The van der Waals surface area contributed by atoms with Gasteiger partial charge in [-0.15, -0.1) is 0 Å². The molecule has 2 aliphatic rings. The van der Waals surface area contributed by atoms with Crippen LogP contribution < -0.4 is 29.6 Å². The van der Waals surface area contributed by atoms with Crippen molar-refractivity contribution in [3.05, 3.63) is 71.4 Å². The van der Waals surface area contributed by atoms with E-state index in [0.717, 1.165) is 23.9 Å². The van der Waals surface area contributed by atoms with Crippen molar-refractivity contribution in [3.63, 3.8) is 0 Å². The van der Waals surface area contributed by atoms with E-state index < -0.39 is 0 Å². The predicted molar refractivity (Wildman–Crippen MR) is 168 cm³/mol. The molecule has 0 atom stereocenters. The number of nitrogens with one attached hydrogen (secondary N) is 2. The zero-order valence-electron chi connectivity index (χ0n) is 24.2. The summed E-state index contributed by atoms with van der Waals surface area (Å²) in [4.78, 5) is 19.6. The third kappa shape index (κ3) is 7.06. The van der Waals surface area contributed by atoms with Crippen molar-refractivity contribution in [2.75, 3.05) is 50.1 Å². The molecule has 9 nitrogen and oxygen atoms in total. The molecule has 0 spiro atoms. The maximum atomic E-state index is 12.5. The topological polar surface area (TPSA) is 94.2 Å². The number of nitrogens with zero attached hydrogens (tertiary/aromatic N) is 2. The van der Waals surface area contributed by atoms with E-state index in [-0.39, 0.29) is 6.03 Å². The van der Waals surface area contributed by atoms with Crippen molar-refractivity contribution in [2.45, 2.75) is 32.6 Å². The van der Waals surface area contributed by atoms with E-state index in [1.165, 1.54) is 32.4 Å². The van der Waals surface area contributed by atoms with Crippen molar-refractivity contribution in [1.29, 1.82) is 0 Å². The first-order valence-electron chi connectivity index (χ1n) is 14.7. The van der Waals surface area contributed by atoms with Gasteiger partial charge in [-0.05, 0) is 93.4 Å². The molecule has 3 heterocycles. The second-order valence-corrected chi connectivity index (χ2v) is 11.1. The van der Waals surface area contributed by atoms with E-state index in [2.05, 4.69) is 20.5 Å². The third-order valence-electron chi connectivity index (χ3n) is 7.52. The summed E-state index contributed by atoms with van der Waals surface area (Å²) >= 11 is 6.08. The molecule has 0 unspecified atom stereocenters. The van der Waals surface area contributed by atoms with Gasteiger partial charge in [-0.3, -0.25) is 4.98 Å². The first kappa shape index (κ1) is 28.9. The fourth-order valence-corrected chi connectivity index (χ4v) is 5.49. The Labute approximate surface area is 256 Å². The van der Waals surface area contributed by atoms with Gasteiger partial charge in [0.15, 0.2) is 11.5 Å². The Morgan fingerprint density at radius 3 is 2.47 bits per heavy atom. The lowest BCUT2D eigenvalue weighted by atomic mass is 10.1. The smallest absolute Gasteiger partial charge is 0.323 e. The highest BCUT2D eigenvalue weighted by atomic mass is 35.5. The van der Waals surface area contributed by atoms with Gasteiger partial charge in [-0.2, -0.15) is 0 Å². The van der Waals surface area contributed by atoms with E-state index in [1.807, 2.05) is 19.1 Å². The lowest BCUT2D eigenvalue weighted by molar-refractivity contribution is 0.161. The third-order valence-corrected chi connectivity index (χ3v) is 7.95. The normalized spacial score (nSPS) is 14.7. The molecule has 0 saturated carbocycles. The lowest BCUT2D eigenvalue weighted by Gasteiger charge is -2.26. The summed E-state index contributed by atoms with van der Waals surface area (Å²) < 4.78 is 24.6. The van der Waals surface area contributed by atoms with Gasteiger partial charge in [0.05, 0.1) is 17.5 Å². The fraction of sp³-hybridized carbons (Fsp3) is 0.333. The zero-order chi connectivity index (χ0) is 29.6. The van der Waals surface area contributed by atoms with Crippen LogP contribution in [-0.4, -0.2) is 55.4 Å². The second kappa shape index (κ2) is 13.4. The van der Waals surface area contributed by atoms with Crippen LogP contribution in [0.15, 0.2) is 60.8 Å². The molecular formula is C33H35ClN4O5. The fourth-order valence-electron chi connectivity index (χ4n) is 5.37. The highest BCUT2D eigenvalue weighted by Crippen LogP contribution is 2.48. The number of fused-ring (bicyclic) bond motifs is 3. The average molecular weight is 603 g/mol. The number of amides is 2. The van der Waals surface area contributed by atoms with E-state index in [9.17, 15) is 4.79 Å². The number of ether oxygens (including phenoxy) is 4. The first-order chi connectivity index (χ1) is 21.0. The van der Waals surface area contributed by atoms with E-state index >= 15 is 0 Å². The summed E-state index contributed by atoms with van der Waals surface area (Å²) in [5, 5.41) is 7.01. The predicted octanol–water partition coefficient (Wildman–Crippen LogP) is 7.66. The van der Waals surface area contributed by atoms with Gasteiger partial charge in [-0.1, -0.05) is 18.0 Å². The maximum absolute atomic E-state index is 12.5. The number of carbonyl (C=O) groups is 1. The average Bonchev–Trinajstić information content (AvgIpc) is 3.02. The van der Waals surface area contributed by atoms with Gasteiger partial charge < -0.3 is 34.5 Å². The number of benzene rings is 3. The van der Waals surface area contributed by atoms with Crippen molar-refractivity contribution in [1.82, 2.24) is 9.88 Å². The van der Waals surface area contributed by atoms with Crippen LogP contribution in [0.1, 0.15) is 31.2 Å². The van der Waals surface area contributed by atoms with Crippen molar-refractivity contribution >= 4 is 39.9 Å². The highest BCUT2D eigenvalue weighted by molar-refractivity contribution is 6.31. The number of hydrogen-bond acceptors (Lipinski definition) is 7. The molecule has 4 aromatic rings. The molecular weight excluding hydrogens is 568 g/mol. The van der Waals surface area contributed by atoms with Crippen LogP contribution in [0, 0.1) is 6.92 Å². The monoisotopic (exact) mass is 602 g/mol. The van der Waals surface area contributed by atoms with Crippen molar-refractivity contribution in [2.24, 2.45) is 0 Å². The Morgan fingerprint density at radius 2 is 1.67 bits per heavy atom. The van der Waals surface area contributed by atoms with E-state index in [0.29, 0.717) is 70.5 Å². The number of halogens is 1. The number of aryl methyl sites for hydroxylation is 1. The molecule has 1 aromatic heterocycles. The Bertz CT molecular complexity index is 1590. The first-order valence-corrected chi connectivity index (χ1v) is 15.1. The van der Waals surface area contributed by atoms with Gasteiger partial charge in [0, 0.05) is 35.2 Å². The number of carbonyl (C=O) groups excluding carboxylic acids is 1. The van der Waals surface area contributed by atoms with Crippen molar-refractivity contribution < 1.29 is 23.7 Å². The molecule has 0 bridgehead atoms. The number of hydrogen-bond donors (Lipinski definition) is 2. The standard InChI is InChI=1S/C33H35ClN4O5/c1-22-20-24(8-11-26(22)34)37-33(39)36-23-6-9-25(10-7-23)43-28-12-13-35-27-21-29(31-32(30(27)28)42-19-18-41-31)40-17-5-16-38-14-3-2-4-15-38/h6-13,20-21H,2-5,14-19H2,1H3,(H2,36,37,39). The molecule has 3 aromatic carbocycles. The van der Waals surface area contributed by atoms with Gasteiger partial charge >= 0.3 is 6.03 Å². The van der Waals surface area contributed by atoms with Crippen LogP contribution in [-0.2, 0) is 0 Å². The van der Waals surface area contributed by atoms with Gasteiger partial charge in [0.25, 0.3) is 0 Å². The summed E-state index contributed by atoms with van der Waals surface area (Å²) in [6.07, 6.45) is 6.54. The lowest BCUT2D eigenvalue weighted by Crippen LogP contribution is -2.31. The Morgan fingerprint density at radius 1 is 0.930 bits per heavy atom. The van der Waals surface area contributed by atoms with Gasteiger partial charge in [-0.25, -0.2) is 4.79 Å². The molecule has 1 fully saturated rings. The Hall–Kier alpha value is -4.21. The van der Waals surface area contributed by atoms with Crippen LogP contribution in [0.4, 0.5) is 16.2 Å². The molecule has 1 saturated heterocycles. The minimum Gasteiger partial charge on any atom is -0.489 e. The summed E-state index contributed by atoms with van der Waals surface area (Å²) in [6.45, 7) is 6.72. The van der Waals surface area contributed by atoms with Gasteiger partial charge in [0.1, 0.15) is 24.7 Å². The van der Waals surface area contributed by atoms with Crippen LogP contribution in [0.3, 0.4) is 0 Å².